The van der Waals surface area contributed by atoms with E-state index in [9.17, 15) is 4.79 Å². The fourth-order valence-corrected chi connectivity index (χ4v) is 1.66. The van der Waals surface area contributed by atoms with Gasteiger partial charge in [0.1, 0.15) is 12.4 Å². The van der Waals surface area contributed by atoms with Crippen molar-refractivity contribution in [3.05, 3.63) is 48.3 Å². The van der Waals surface area contributed by atoms with Crippen LogP contribution in [0.3, 0.4) is 0 Å². The van der Waals surface area contributed by atoms with Crippen LogP contribution in [0.15, 0.2) is 42.6 Å². The quantitative estimate of drug-likeness (QED) is 0.780. The van der Waals surface area contributed by atoms with Gasteiger partial charge in [0.2, 0.25) is 0 Å². The fraction of sp³-hybridized carbons (Fsp3) is 0.286. The summed E-state index contributed by atoms with van der Waals surface area (Å²) in [6.07, 6.45) is 1.70. The van der Waals surface area contributed by atoms with Gasteiger partial charge in [-0.25, -0.2) is 4.79 Å². The fourth-order valence-electron chi connectivity index (χ4n) is 1.66. The molecule has 2 aromatic rings. The van der Waals surface area contributed by atoms with Crippen molar-refractivity contribution in [3.63, 3.8) is 0 Å². The zero-order valence-electron chi connectivity index (χ0n) is 11.4. The Balaban J connectivity index is 1.60. The Bertz CT molecular complexity index is 539. The molecular weight excluding hydrogens is 256 g/mol. The lowest BCUT2D eigenvalue weighted by Crippen LogP contribution is -2.37. The molecule has 0 saturated carbocycles. The van der Waals surface area contributed by atoms with Crippen LogP contribution in [0.25, 0.3) is 0 Å². The standard InChI is InChI=1S/C14H18N4O2/c1-18-12(7-8-17-18)11-16-14(19)15-9-10-20-13-5-3-2-4-6-13/h2-8H,9-11H2,1H3,(H2,15,16,19). The van der Waals surface area contributed by atoms with E-state index in [0.717, 1.165) is 11.4 Å². The second kappa shape index (κ2) is 7.18. The second-order valence-corrected chi connectivity index (χ2v) is 4.22. The van der Waals surface area contributed by atoms with Crippen LogP contribution in [-0.4, -0.2) is 29.0 Å². The summed E-state index contributed by atoms with van der Waals surface area (Å²) in [6, 6.07) is 11.1. The van der Waals surface area contributed by atoms with Gasteiger partial charge in [-0.3, -0.25) is 4.68 Å². The third-order valence-corrected chi connectivity index (χ3v) is 2.75. The van der Waals surface area contributed by atoms with Gasteiger partial charge in [-0.1, -0.05) is 18.2 Å². The number of nitrogens with zero attached hydrogens (tertiary/aromatic N) is 2. The summed E-state index contributed by atoms with van der Waals surface area (Å²) in [5.74, 6) is 0.796. The lowest BCUT2D eigenvalue weighted by molar-refractivity contribution is 0.236. The van der Waals surface area contributed by atoms with Crippen molar-refractivity contribution < 1.29 is 9.53 Å². The van der Waals surface area contributed by atoms with Crippen LogP contribution >= 0.6 is 0 Å². The number of para-hydroxylation sites is 1. The topological polar surface area (TPSA) is 68.2 Å². The molecular formula is C14H18N4O2. The van der Waals surface area contributed by atoms with Gasteiger partial charge in [-0.15, -0.1) is 0 Å². The van der Waals surface area contributed by atoms with Crippen LogP contribution < -0.4 is 15.4 Å². The lowest BCUT2D eigenvalue weighted by Gasteiger charge is -2.09. The average Bonchev–Trinajstić information content (AvgIpc) is 2.88. The van der Waals surface area contributed by atoms with Gasteiger partial charge in [0.25, 0.3) is 0 Å². The lowest BCUT2D eigenvalue weighted by atomic mass is 10.3. The van der Waals surface area contributed by atoms with Crippen LogP contribution in [0.2, 0.25) is 0 Å². The predicted molar refractivity (Wildman–Crippen MR) is 75.4 cm³/mol. The minimum absolute atomic E-state index is 0.220. The maximum absolute atomic E-state index is 11.6. The first-order valence-corrected chi connectivity index (χ1v) is 6.42. The van der Waals surface area contributed by atoms with Crippen LogP contribution in [-0.2, 0) is 13.6 Å². The molecule has 0 aliphatic carbocycles. The first-order valence-electron chi connectivity index (χ1n) is 6.42. The smallest absolute Gasteiger partial charge is 0.315 e. The molecule has 2 N–H and O–H groups in total. The second-order valence-electron chi connectivity index (χ2n) is 4.22. The number of nitrogens with one attached hydrogen (secondary N) is 2. The summed E-state index contributed by atoms with van der Waals surface area (Å²) < 4.78 is 7.19. The first-order chi connectivity index (χ1) is 9.75. The summed E-state index contributed by atoms with van der Waals surface area (Å²) >= 11 is 0. The predicted octanol–water partition coefficient (Wildman–Crippen LogP) is 1.30. The van der Waals surface area contributed by atoms with E-state index in [1.165, 1.54) is 0 Å². The summed E-state index contributed by atoms with van der Waals surface area (Å²) in [5.41, 5.74) is 0.945. The monoisotopic (exact) mass is 274 g/mol. The molecule has 106 valence electrons. The van der Waals surface area contributed by atoms with Crippen LogP contribution in [0.4, 0.5) is 4.79 Å². The maximum atomic E-state index is 11.6. The summed E-state index contributed by atoms with van der Waals surface area (Å²) in [6.45, 7) is 1.33. The SMILES string of the molecule is Cn1nccc1CNC(=O)NCCOc1ccccc1. The molecule has 1 aromatic heterocycles. The van der Waals surface area contributed by atoms with Crippen molar-refractivity contribution in [2.24, 2.45) is 7.05 Å². The number of urea groups is 1. The number of aryl methyl sites for hydroxylation is 1. The Hall–Kier alpha value is -2.50. The molecule has 20 heavy (non-hydrogen) atoms. The molecule has 1 heterocycles. The van der Waals surface area contributed by atoms with E-state index in [1.807, 2.05) is 43.4 Å². The van der Waals surface area contributed by atoms with Crippen molar-refractivity contribution in [2.75, 3.05) is 13.2 Å². The molecule has 0 bridgehead atoms. The van der Waals surface area contributed by atoms with Crippen LogP contribution in [0.5, 0.6) is 5.75 Å². The first kappa shape index (κ1) is 13.9. The maximum Gasteiger partial charge on any atom is 0.315 e. The van der Waals surface area contributed by atoms with Gasteiger partial charge < -0.3 is 15.4 Å². The van der Waals surface area contributed by atoms with Crippen molar-refractivity contribution in [1.82, 2.24) is 20.4 Å². The zero-order valence-corrected chi connectivity index (χ0v) is 11.4. The minimum Gasteiger partial charge on any atom is -0.492 e. The molecule has 0 fully saturated rings. The molecule has 6 heteroatoms. The zero-order chi connectivity index (χ0) is 14.2. The Kier molecular flexibility index (Phi) is 5.00. The van der Waals surface area contributed by atoms with E-state index in [-0.39, 0.29) is 6.03 Å². The molecule has 0 unspecified atom stereocenters. The highest BCUT2D eigenvalue weighted by Crippen LogP contribution is 2.07. The molecule has 0 saturated heterocycles. The number of carbonyl (C=O) groups is 1. The Morgan fingerprint density at radius 3 is 2.75 bits per heavy atom. The molecule has 0 aliphatic rings. The summed E-state index contributed by atoms with van der Waals surface area (Å²) in [7, 11) is 1.84. The Morgan fingerprint density at radius 1 is 1.25 bits per heavy atom. The normalized spacial score (nSPS) is 10.1. The Labute approximate surface area is 117 Å². The largest absolute Gasteiger partial charge is 0.492 e. The van der Waals surface area contributed by atoms with Crippen molar-refractivity contribution in [2.45, 2.75) is 6.54 Å². The number of hydrogen-bond donors (Lipinski definition) is 2. The van der Waals surface area contributed by atoms with E-state index in [4.69, 9.17) is 4.74 Å². The van der Waals surface area contributed by atoms with E-state index in [2.05, 4.69) is 15.7 Å². The van der Waals surface area contributed by atoms with Crippen molar-refractivity contribution in [1.29, 1.82) is 0 Å². The minimum atomic E-state index is -0.220. The third kappa shape index (κ3) is 4.31. The van der Waals surface area contributed by atoms with Gasteiger partial charge in [-0.05, 0) is 18.2 Å². The van der Waals surface area contributed by atoms with E-state index >= 15 is 0 Å². The van der Waals surface area contributed by atoms with E-state index in [0.29, 0.717) is 19.7 Å². The number of carbonyl (C=O) groups excluding carboxylic acids is 1. The molecule has 0 spiro atoms. The van der Waals surface area contributed by atoms with Gasteiger partial charge in [0, 0.05) is 13.2 Å². The molecule has 2 rings (SSSR count). The van der Waals surface area contributed by atoms with Gasteiger partial charge in [0.15, 0.2) is 0 Å². The summed E-state index contributed by atoms with van der Waals surface area (Å²) in [4.78, 5) is 11.6. The molecule has 0 radical (unpaired) electrons. The van der Waals surface area contributed by atoms with Crippen molar-refractivity contribution >= 4 is 6.03 Å². The van der Waals surface area contributed by atoms with E-state index in [1.54, 1.807) is 10.9 Å². The number of rotatable bonds is 6. The number of amides is 2. The third-order valence-electron chi connectivity index (χ3n) is 2.75. The highest BCUT2D eigenvalue weighted by atomic mass is 16.5. The number of benzene rings is 1. The molecule has 1 aromatic carbocycles. The van der Waals surface area contributed by atoms with Crippen molar-refractivity contribution in [3.8, 4) is 5.75 Å². The average molecular weight is 274 g/mol. The molecule has 6 nitrogen and oxygen atoms in total. The van der Waals surface area contributed by atoms with Crippen LogP contribution in [0, 0.1) is 0 Å². The molecule has 2 amide bonds. The molecule has 0 atom stereocenters. The van der Waals surface area contributed by atoms with Gasteiger partial charge in [0.05, 0.1) is 18.8 Å². The highest BCUT2D eigenvalue weighted by Gasteiger charge is 2.02. The number of hydrogen-bond acceptors (Lipinski definition) is 3. The summed E-state index contributed by atoms with van der Waals surface area (Å²) in [5, 5.41) is 9.52. The van der Waals surface area contributed by atoms with E-state index < -0.39 is 0 Å². The Morgan fingerprint density at radius 2 is 2.05 bits per heavy atom. The molecule has 0 aliphatic heterocycles. The number of aromatic nitrogens is 2. The highest BCUT2D eigenvalue weighted by molar-refractivity contribution is 5.73. The van der Waals surface area contributed by atoms with Gasteiger partial charge in [-0.2, -0.15) is 5.10 Å². The van der Waals surface area contributed by atoms with Gasteiger partial charge >= 0.3 is 6.03 Å². The number of ether oxygens (including phenoxy) is 1. The van der Waals surface area contributed by atoms with Crippen LogP contribution in [0.1, 0.15) is 5.69 Å².